The quantitative estimate of drug-likeness (QED) is 0.0507. The second-order valence-corrected chi connectivity index (χ2v) is 11.0. The van der Waals surface area contributed by atoms with Gasteiger partial charge in [-0.25, -0.2) is 0 Å². The molecule has 39 heavy (non-hydrogen) atoms. The van der Waals surface area contributed by atoms with Crippen molar-refractivity contribution in [2.45, 2.75) is 129 Å². The fraction of sp³-hybridized carbons (Fsp3) is 0.818. The number of unbranched alkanes of at least 4 members (excludes halogenated alkanes) is 11. The minimum Gasteiger partial charge on any atom is -0.390 e. The molecule has 0 aromatic rings. The Bertz CT molecular complexity index is 582. The highest BCUT2D eigenvalue weighted by Crippen LogP contribution is 2.11. The van der Waals surface area contributed by atoms with Crippen LogP contribution >= 0.6 is 0 Å². The maximum atomic E-state index is 10.2. The third-order valence-electron chi connectivity index (χ3n) is 7.09. The van der Waals surface area contributed by atoms with Gasteiger partial charge in [0, 0.05) is 26.2 Å². The van der Waals surface area contributed by atoms with Gasteiger partial charge in [0.05, 0.1) is 18.9 Å². The van der Waals surface area contributed by atoms with Crippen molar-refractivity contribution < 1.29 is 10.2 Å². The van der Waals surface area contributed by atoms with Gasteiger partial charge in [-0.3, -0.25) is 9.80 Å². The van der Waals surface area contributed by atoms with Gasteiger partial charge in [-0.05, 0) is 58.0 Å². The predicted molar refractivity (Wildman–Crippen MR) is 171 cm³/mol. The summed E-state index contributed by atoms with van der Waals surface area (Å²) < 4.78 is 0. The summed E-state index contributed by atoms with van der Waals surface area (Å²) >= 11 is 0. The monoisotopic (exact) mass is 551 g/mol. The van der Waals surface area contributed by atoms with E-state index in [2.05, 4.69) is 60.1 Å². The molecule has 0 heterocycles. The summed E-state index contributed by atoms with van der Waals surface area (Å²) in [5.41, 5.74) is 11.4. The Morgan fingerprint density at radius 3 is 1.49 bits per heavy atom. The van der Waals surface area contributed by atoms with Crippen molar-refractivity contribution in [1.29, 1.82) is 0 Å². The van der Waals surface area contributed by atoms with E-state index in [1.54, 1.807) is 0 Å². The summed E-state index contributed by atoms with van der Waals surface area (Å²) in [5.74, 6) is 0. The Kier molecular flexibility index (Phi) is 29.2. The third kappa shape index (κ3) is 26.9. The first-order valence-electron chi connectivity index (χ1n) is 16.2. The summed E-state index contributed by atoms with van der Waals surface area (Å²) in [6.45, 7) is 8.79. The summed E-state index contributed by atoms with van der Waals surface area (Å²) in [6, 6.07) is 0. The molecule has 0 aromatic heterocycles. The van der Waals surface area contributed by atoms with Crippen molar-refractivity contribution in [3.8, 4) is 0 Å². The molecule has 0 spiro atoms. The van der Waals surface area contributed by atoms with E-state index in [4.69, 9.17) is 11.5 Å². The highest BCUT2D eigenvalue weighted by atomic mass is 16.3. The normalized spacial score (nSPS) is 14.2. The van der Waals surface area contributed by atoms with Crippen LogP contribution < -0.4 is 11.5 Å². The van der Waals surface area contributed by atoms with Gasteiger partial charge in [0.2, 0.25) is 0 Å². The second kappa shape index (κ2) is 30.0. The van der Waals surface area contributed by atoms with Gasteiger partial charge in [0.1, 0.15) is 0 Å². The van der Waals surface area contributed by atoms with Crippen LogP contribution in [-0.4, -0.2) is 78.2 Å². The van der Waals surface area contributed by atoms with Crippen LogP contribution in [0.3, 0.4) is 0 Å². The van der Waals surface area contributed by atoms with E-state index in [1.165, 1.54) is 70.6 Å². The topological polar surface area (TPSA) is 99.0 Å². The minimum atomic E-state index is -0.512. The SMILES string of the molecule is CC/C=C\C/C=C\C/C=C/CCCCCCCCN(CC(O)CN)CN(CCCCCCCC)CC(O)CN. The van der Waals surface area contributed by atoms with Crippen LogP contribution in [0.15, 0.2) is 36.5 Å². The van der Waals surface area contributed by atoms with Crippen LogP contribution in [0.25, 0.3) is 0 Å². The Morgan fingerprint density at radius 2 is 1.00 bits per heavy atom. The lowest BCUT2D eigenvalue weighted by molar-refractivity contribution is 0.0459. The van der Waals surface area contributed by atoms with E-state index in [1.807, 2.05) is 0 Å². The van der Waals surface area contributed by atoms with Crippen molar-refractivity contribution in [3.05, 3.63) is 36.5 Å². The van der Waals surface area contributed by atoms with Crippen LogP contribution in [0.5, 0.6) is 0 Å². The number of allylic oxidation sites excluding steroid dienone is 6. The molecule has 0 fully saturated rings. The van der Waals surface area contributed by atoms with Gasteiger partial charge < -0.3 is 21.7 Å². The number of aliphatic hydroxyl groups is 2. The number of hydrogen-bond acceptors (Lipinski definition) is 6. The average Bonchev–Trinajstić information content (AvgIpc) is 2.94. The zero-order valence-electron chi connectivity index (χ0n) is 25.8. The molecule has 2 atom stereocenters. The number of nitrogens with zero attached hydrogens (tertiary/aromatic N) is 2. The smallest absolute Gasteiger partial charge is 0.0789 e. The lowest BCUT2D eigenvalue weighted by atomic mass is 10.1. The van der Waals surface area contributed by atoms with E-state index in [0.717, 1.165) is 51.9 Å². The molecule has 0 aromatic carbocycles. The van der Waals surface area contributed by atoms with Crippen molar-refractivity contribution in [2.75, 3.05) is 45.9 Å². The molecular formula is C33H66N4O2. The van der Waals surface area contributed by atoms with Crippen LogP contribution in [0.4, 0.5) is 0 Å². The summed E-state index contributed by atoms with van der Waals surface area (Å²) in [7, 11) is 0. The first kappa shape index (κ1) is 38.0. The van der Waals surface area contributed by atoms with Gasteiger partial charge in [0.25, 0.3) is 0 Å². The summed E-state index contributed by atoms with van der Waals surface area (Å²) in [6.07, 6.45) is 31.9. The van der Waals surface area contributed by atoms with Crippen LogP contribution in [0, 0.1) is 0 Å². The first-order valence-corrected chi connectivity index (χ1v) is 16.2. The van der Waals surface area contributed by atoms with Crippen molar-refractivity contribution >= 4 is 0 Å². The molecule has 230 valence electrons. The Morgan fingerprint density at radius 1 is 0.564 bits per heavy atom. The van der Waals surface area contributed by atoms with Gasteiger partial charge in [-0.1, -0.05) is 108 Å². The predicted octanol–water partition coefficient (Wildman–Crippen LogP) is 6.14. The van der Waals surface area contributed by atoms with Gasteiger partial charge in [-0.15, -0.1) is 0 Å². The first-order chi connectivity index (χ1) is 19.1. The Labute approximate surface area is 242 Å². The van der Waals surface area contributed by atoms with Crippen molar-refractivity contribution in [1.82, 2.24) is 9.80 Å². The summed E-state index contributed by atoms with van der Waals surface area (Å²) in [5, 5.41) is 20.4. The van der Waals surface area contributed by atoms with Crippen LogP contribution in [0.2, 0.25) is 0 Å². The maximum Gasteiger partial charge on any atom is 0.0789 e. The molecule has 0 saturated carbocycles. The van der Waals surface area contributed by atoms with Crippen LogP contribution in [0.1, 0.15) is 117 Å². The molecule has 0 aliphatic rings. The lowest BCUT2D eigenvalue weighted by Crippen LogP contribution is -2.47. The molecule has 2 unspecified atom stereocenters. The van der Waals surface area contributed by atoms with E-state index >= 15 is 0 Å². The Hall–Kier alpha value is -1.02. The van der Waals surface area contributed by atoms with Crippen molar-refractivity contribution in [3.63, 3.8) is 0 Å². The molecule has 6 N–H and O–H groups in total. The molecule has 6 heteroatoms. The highest BCUT2D eigenvalue weighted by Gasteiger charge is 2.17. The molecule has 0 aliphatic carbocycles. The van der Waals surface area contributed by atoms with Gasteiger partial charge >= 0.3 is 0 Å². The molecular weight excluding hydrogens is 484 g/mol. The number of rotatable bonds is 29. The van der Waals surface area contributed by atoms with Crippen LogP contribution in [-0.2, 0) is 0 Å². The average molecular weight is 551 g/mol. The molecule has 0 aliphatic heterocycles. The molecule has 0 bridgehead atoms. The number of nitrogens with two attached hydrogens (primary N) is 2. The molecule has 6 nitrogen and oxygen atoms in total. The highest BCUT2D eigenvalue weighted by molar-refractivity contribution is 4.96. The van der Waals surface area contributed by atoms with Gasteiger partial charge in [0.15, 0.2) is 0 Å². The van der Waals surface area contributed by atoms with E-state index in [9.17, 15) is 10.2 Å². The van der Waals surface area contributed by atoms with E-state index in [-0.39, 0.29) is 13.1 Å². The standard InChI is InChI=1S/C33H66N4O2/c1-3-5-7-9-11-12-13-14-15-16-17-18-19-20-22-24-26-37(30-33(39)28-35)31-36(29-32(38)27-34)25-23-21-10-8-6-4-2/h5,7,11-12,14-15,32-33,38-39H,3-4,6,8-10,13,16-31,34-35H2,1-2H3/b7-5-,12-11-,15-14+. The molecule has 0 saturated heterocycles. The third-order valence-corrected chi connectivity index (χ3v) is 7.09. The summed E-state index contributed by atoms with van der Waals surface area (Å²) in [4.78, 5) is 4.63. The minimum absolute atomic E-state index is 0.278. The lowest BCUT2D eigenvalue weighted by Gasteiger charge is -2.33. The largest absolute Gasteiger partial charge is 0.390 e. The number of aliphatic hydroxyl groups excluding tert-OH is 2. The second-order valence-electron chi connectivity index (χ2n) is 11.0. The molecule has 0 amide bonds. The zero-order chi connectivity index (χ0) is 28.8. The fourth-order valence-corrected chi connectivity index (χ4v) is 4.71. The zero-order valence-corrected chi connectivity index (χ0v) is 25.8. The molecule has 0 radical (unpaired) electrons. The van der Waals surface area contributed by atoms with Gasteiger partial charge in [-0.2, -0.15) is 0 Å². The fourth-order valence-electron chi connectivity index (χ4n) is 4.71. The Balaban J connectivity index is 4.26. The van der Waals surface area contributed by atoms with Crippen molar-refractivity contribution in [2.24, 2.45) is 11.5 Å². The molecule has 0 rings (SSSR count). The number of hydrogen-bond donors (Lipinski definition) is 4. The maximum absolute atomic E-state index is 10.2. The van der Waals surface area contributed by atoms with E-state index < -0.39 is 12.2 Å². The van der Waals surface area contributed by atoms with E-state index in [0.29, 0.717) is 13.1 Å².